The summed E-state index contributed by atoms with van der Waals surface area (Å²) in [7, 11) is 0. The predicted octanol–water partition coefficient (Wildman–Crippen LogP) is 5.08. The molecule has 0 amide bonds. The Labute approximate surface area is 150 Å². The number of aryl methyl sites for hydroxylation is 1. The molecule has 1 fully saturated rings. The molecule has 2 bridgehead atoms. The molecule has 2 aromatic rings. The molecule has 0 spiro atoms. The second kappa shape index (κ2) is 6.86. The third kappa shape index (κ3) is 3.25. The van der Waals surface area contributed by atoms with E-state index in [0.29, 0.717) is 12.1 Å². The smallest absolute Gasteiger partial charge is 0.0994 e. The quantitative estimate of drug-likeness (QED) is 0.786. The minimum absolute atomic E-state index is 0.540. The molecule has 2 unspecified atom stereocenters. The maximum absolute atomic E-state index is 9.15. The van der Waals surface area contributed by atoms with Crippen LogP contribution in [0.1, 0.15) is 47.9 Å². The lowest BCUT2D eigenvalue weighted by Gasteiger charge is -2.45. The molecule has 0 aliphatic carbocycles. The Morgan fingerprint density at radius 3 is 2.68 bits per heavy atom. The SMILES string of the molecule is Cc1cc(C2=CC3CCCC(C2)N3Cc2ccccc2)ccc1C#N. The summed E-state index contributed by atoms with van der Waals surface area (Å²) in [6, 6.07) is 20.6. The summed E-state index contributed by atoms with van der Waals surface area (Å²) in [4.78, 5) is 2.69. The highest BCUT2D eigenvalue weighted by molar-refractivity contribution is 5.69. The van der Waals surface area contributed by atoms with Gasteiger partial charge in [0.2, 0.25) is 0 Å². The summed E-state index contributed by atoms with van der Waals surface area (Å²) in [5.74, 6) is 0. The molecule has 0 radical (unpaired) electrons. The lowest BCUT2D eigenvalue weighted by atomic mass is 9.82. The molecule has 4 rings (SSSR count). The van der Waals surface area contributed by atoms with E-state index in [2.05, 4.69) is 59.5 Å². The molecule has 2 aliphatic rings. The van der Waals surface area contributed by atoms with Gasteiger partial charge in [-0.3, -0.25) is 4.90 Å². The molecule has 2 aliphatic heterocycles. The summed E-state index contributed by atoms with van der Waals surface area (Å²) in [5, 5.41) is 9.15. The Kier molecular flexibility index (Phi) is 4.42. The van der Waals surface area contributed by atoms with Gasteiger partial charge in [-0.2, -0.15) is 5.26 Å². The lowest BCUT2D eigenvalue weighted by molar-refractivity contribution is 0.0951. The van der Waals surface area contributed by atoms with Crippen molar-refractivity contribution in [2.75, 3.05) is 0 Å². The minimum atomic E-state index is 0.540. The highest BCUT2D eigenvalue weighted by atomic mass is 15.2. The molecular weight excluding hydrogens is 304 g/mol. The van der Waals surface area contributed by atoms with E-state index >= 15 is 0 Å². The molecule has 2 nitrogen and oxygen atoms in total. The number of hydrogen-bond donors (Lipinski definition) is 0. The number of hydrogen-bond acceptors (Lipinski definition) is 2. The van der Waals surface area contributed by atoms with Crippen LogP contribution in [0, 0.1) is 18.3 Å². The van der Waals surface area contributed by atoms with E-state index in [1.807, 2.05) is 13.0 Å². The van der Waals surface area contributed by atoms with Crippen molar-refractivity contribution in [3.05, 3.63) is 76.9 Å². The highest BCUT2D eigenvalue weighted by Gasteiger charge is 2.34. The Morgan fingerprint density at radius 2 is 1.96 bits per heavy atom. The molecule has 25 heavy (non-hydrogen) atoms. The molecule has 2 heteroatoms. The van der Waals surface area contributed by atoms with E-state index in [-0.39, 0.29) is 0 Å². The molecule has 2 heterocycles. The van der Waals surface area contributed by atoms with Crippen LogP contribution in [0.4, 0.5) is 0 Å². The van der Waals surface area contributed by atoms with Gasteiger partial charge >= 0.3 is 0 Å². The lowest BCUT2D eigenvalue weighted by Crippen LogP contribution is -2.47. The van der Waals surface area contributed by atoms with E-state index in [1.165, 1.54) is 36.0 Å². The van der Waals surface area contributed by atoms with Gasteiger partial charge in [-0.1, -0.05) is 55.0 Å². The van der Waals surface area contributed by atoms with Crippen LogP contribution in [0.25, 0.3) is 5.57 Å². The zero-order chi connectivity index (χ0) is 17.2. The zero-order valence-electron chi connectivity index (χ0n) is 14.8. The summed E-state index contributed by atoms with van der Waals surface area (Å²) >= 11 is 0. The summed E-state index contributed by atoms with van der Waals surface area (Å²) in [5.41, 5.74) is 6.04. The van der Waals surface area contributed by atoms with Crippen LogP contribution in [-0.4, -0.2) is 17.0 Å². The van der Waals surface area contributed by atoms with Gasteiger partial charge in [0.25, 0.3) is 0 Å². The Morgan fingerprint density at radius 1 is 1.12 bits per heavy atom. The first-order chi connectivity index (χ1) is 12.2. The maximum Gasteiger partial charge on any atom is 0.0994 e. The van der Waals surface area contributed by atoms with E-state index in [0.717, 1.165) is 24.1 Å². The van der Waals surface area contributed by atoms with Gasteiger partial charge in [0.05, 0.1) is 11.6 Å². The molecule has 2 aromatic carbocycles. The molecule has 1 saturated heterocycles. The summed E-state index contributed by atoms with van der Waals surface area (Å²) in [6.45, 7) is 3.08. The first-order valence-electron chi connectivity index (χ1n) is 9.26. The minimum Gasteiger partial charge on any atom is -0.289 e. The molecule has 0 aromatic heterocycles. The van der Waals surface area contributed by atoms with Gasteiger partial charge in [0, 0.05) is 18.6 Å². The van der Waals surface area contributed by atoms with Crippen molar-refractivity contribution in [3.8, 4) is 6.07 Å². The third-order valence-electron chi connectivity index (χ3n) is 5.71. The number of fused-ring (bicyclic) bond motifs is 2. The van der Waals surface area contributed by atoms with Crippen LogP contribution < -0.4 is 0 Å². The number of benzene rings is 2. The second-order valence-electron chi connectivity index (χ2n) is 7.35. The fourth-order valence-corrected chi connectivity index (χ4v) is 4.36. The predicted molar refractivity (Wildman–Crippen MR) is 102 cm³/mol. The number of rotatable bonds is 3. The third-order valence-corrected chi connectivity index (χ3v) is 5.71. The largest absolute Gasteiger partial charge is 0.289 e. The molecule has 0 saturated carbocycles. The highest BCUT2D eigenvalue weighted by Crippen LogP contribution is 2.38. The van der Waals surface area contributed by atoms with Crippen molar-refractivity contribution in [1.82, 2.24) is 4.90 Å². The van der Waals surface area contributed by atoms with Crippen LogP contribution in [0.3, 0.4) is 0 Å². The topological polar surface area (TPSA) is 27.0 Å². The summed E-state index contributed by atoms with van der Waals surface area (Å²) < 4.78 is 0. The Balaban J connectivity index is 1.61. The van der Waals surface area contributed by atoms with Gasteiger partial charge in [-0.25, -0.2) is 0 Å². The molecular formula is C23H24N2. The van der Waals surface area contributed by atoms with Crippen molar-refractivity contribution in [2.45, 2.75) is 51.2 Å². The molecule has 126 valence electrons. The van der Waals surface area contributed by atoms with Crippen LogP contribution in [0.2, 0.25) is 0 Å². The van der Waals surface area contributed by atoms with Crippen molar-refractivity contribution >= 4 is 5.57 Å². The van der Waals surface area contributed by atoms with Crippen LogP contribution in [-0.2, 0) is 6.54 Å². The maximum atomic E-state index is 9.15. The molecule has 0 N–H and O–H groups in total. The first kappa shape index (κ1) is 16.1. The fraction of sp³-hybridized carbons (Fsp3) is 0.348. The second-order valence-corrected chi connectivity index (χ2v) is 7.35. The van der Waals surface area contributed by atoms with Crippen molar-refractivity contribution < 1.29 is 0 Å². The van der Waals surface area contributed by atoms with Crippen LogP contribution in [0.5, 0.6) is 0 Å². The van der Waals surface area contributed by atoms with Crippen LogP contribution in [0.15, 0.2) is 54.6 Å². The number of piperidine rings is 1. The van der Waals surface area contributed by atoms with Crippen molar-refractivity contribution in [2.24, 2.45) is 0 Å². The molecule has 2 atom stereocenters. The average molecular weight is 328 g/mol. The number of nitriles is 1. The van der Waals surface area contributed by atoms with Gasteiger partial charge in [0.15, 0.2) is 0 Å². The van der Waals surface area contributed by atoms with E-state index in [1.54, 1.807) is 0 Å². The first-order valence-corrected chi connectivity index (χ1v) is 9.26. The Bertz CT molecular complexity index is 829. The number of nitrogens with zero attached hydrogens (tertiary/aromatic N) is 2. The fourth-order valence-electron chi connectivity index (χ4n) is 4.36. The van der Waals surface area contributed by atoms with Gasteiger partial charge in [-0.15, -0.1) is 0 Å². The van der Waals surface area contributed by atoms with Gasteiger partial charge in [-0.05, 0) is 54.5 Å². The normalized spacial score (nSPS) is 23.0. The zero-order valence-corrected chi connectivity index (χ0v) is 14.8. The van der Waals surface area contributed by atoms with E-state index in [9.17, 15) is 0 Å². The van der Waals surface area contributed by atoms with Gasteiger partial charge in [0.1, 0.15) is 0 Å². The summed E-state index contributed by atoms with van der Waals surface area (Å²) in [6.07, 6.45) is 7.48. The van der Waals surface area contributed by atoms with Crippen molar-refractivity contribution in [1.29, 1.82) is 5.26 Å². The standard InChI is InChI=1S/C23H24N2/c1-17-12-19(10-11-20(17)15-24)21-13-22-8-5-9-23(14-21)25(22)16-18-6-3-2-4-7-18/h2-4,6-7,10-13,22-23H,5,8-9,14,16H2,1H3. The van der Waals surface area contributed by atoms with Crippen molar-refractivity contribution in [3.63, 3.8) is 0 Å². The van der Waals surface area contributed by atoms with Gasteiger partial charge < -0.3 is 0 Å². The van der Waals surface area contributed by atoms with E-state index in [4.69, 9.17) is 5.26 Å². The average Bonchev–Trinajstić information content (AvgIpc) is 2.62. The van der Waals surface area contributed by atoms with Crippen LogP contribution >= 0.6 is 0 Å². The Hall–Kier alpha value is -2.37. The monoisotopic (exact) mass is 328 g/mol. The van der Waals surface area contributed by atoms with E-state index < -0.39 is 0 Å².